The van der Waals surface area contributed by atoms with Crippen molar-refractivity contribution in [1.29, 1.82) is 0 Å². The summed E-state index contributed by atoms with van der Waals surface area (Å²) in [6.07, 6.45) is 1.45. The number of carbonyl (C=O) groups is 2. The number of ether oxygens (including phenoxy) is 3. The van der Waals surface area contributed by atoms with Crippen LogP contribution in [0, 0.1) is 13.8 Å². The van der Waals surface area contributed by atoms with Crippen molar-refractivity contribution < 1.29 is 33.3 Å². The molecule has 3 aromatic rings. The van der Waals surface area contributed by atoms with E-state index in [9.17, 15) is 14.7 Å². The van der Waals surface area contributed by atoms with Gasteiger partial charge in [-0.3, -0.25) is 14.5 Å². The second-order valence-electron chi connectivity index (χ2n) is 7.88. The first-order chi connectivity index (χ1) is 15.9. The molecule has 5 rings (SSSR count). The molecule has 3 heterocycles. The van der Waals surface area contributed by atoms with Gasteiger partial charge in [0.25, 0.3) is 11.7 Å². The van der Waals surface area contributed by atoms with Crippen molar-refractivity contribution in [2.45, 2.75) is 19.9 Å². The van der Waals surface area contributed by atoms with Gasteiger partial charge in [0.2, 0.25) is 6.79 Å². The van der Waals surface area contributed by atoms with Gasteiger partial charge < -0.3 is 23.7 Å². The Kier molecular flexibility index (Phi) is 4.85. The quantitative estimate of drug-likeness (QED) is 0.362. The number of hydrogen-bond donors (Lipinski definition) is 1. The maximum atomic E-state index is 13.3. The molecule has 1 saturated heterocycles. The number of aryl methyl sites for hydroxylation is 2. The number of aliphatic hydroxyl groups is 1. The number of Topliss-reactive ketones (excluding diaryl/α,β-unsaturated/α-hetero) is 1. The van der Waals surface area contributed by atoms with Crippen molar-refractivity contribution in [1.82, 2.24) is 0 Å². The van der Waals surface area contributed by atoms with Crippen molar-refractivity contribution >= 4 is 23.1 Å². The number of anilines is 1. The molecule has 0 radical (unpaired) electrons. The van der Waals surface area contributed by atoms with E-state index in [0.717, 1.165) is 11.1 Å². The number of hydrogen-bond acceptors (Lipinski definition) is 7. The van der Waals surface area contributed by atoms with Crippen LogP contribution in [0.2, 0.25) is 0 Å². The van der Waals surface area contributed by atoms with Crippen molar-refractivity contribution in [3.05, 3.63) is 76.8 Å². The molecule has 2 aliphatic rings. The molecule has 0 bridgehead atoms. The van der Waals surface area contributed by atoms with Gasteiger partial charge in [-0.25, -0.2) is 0 Å². The monoisotopic (exact) mass is 447 g/mol. The van der Waals surface area contributed by atoms with Crippen LogP contribution in [0.3, 0.4) is 0 Å². The molecule has 0 saturated carbocycles. The molecule has 2 aromatic carbocycles. The average Bonchev–Trinajstić information content (AvgIpc) is 3.53. The Morgan fingerprint density at radius 3 is 2.61 bits per heavy atom. The van der Waals surface area contributed by atoms with Gasteiger partial charge in [-0.15, -0.1) is 0 Å². The van der Waals surface area contributed by atoms with Crippen LogP contribution >= 0.6 is 0 Å². The average molecular weight is 447 g/mol. The van der Waals surface area contributed by atoms with E-state index in [2.05, 4.69) is 0 Å². The predicted molar refractivity (Wildman–Crippen MR) is 119 cm³/mol. The topological polar surface area (TPSA) is 98.4 Å². The van der Waals surface area contributed by atoms with Crippen LogP contribution in [0.1, 0.15) is 28.5 Å². The molecule has 1 fully saturated rings. The zero-order valence-electron chi connectivity index (χ0n) is 18.2. The molecule has 1 amide bonds. The minimum absolute atomic E-state index is 0.0751. The lowest BCUT2D eigenvalue weighted by atomic mass is 9.96. The number of amides is 1. The summed E-state index contributed by atoms with van der Waals surface area (Å²) in [5, 5.41) is 11.4. The largest absolute Gasteiger partial charge is 0.507 e. The van der Waals surface area contributed by atoms with Gasteiger partial charge in [0.15, 0.2) is 11.5 Å². The maximum absolute atomic E-state index is 13.3. The van der Waals surface area contributed by atoms with Crippen LogP contribution in [-0.2, 0) is 9.59 Å². The molecule has 0 spiro atoms. The highest BCUT2D eigenvalue weighted by Gasteiger charge is 2.48. The van der Waals surface area contributed by atoms with E-state index >= 15 is 0 Å². The van der Waals surface area contributed by atoms with E-state index in [1.54, 1.807) is 36.4 Å². The van der Waals surface area contributed by atoms with Crippen LogP contribution in [0.15, 0.2) is 58.7 Å². The molecule has 168 valence electrons. The minimum Gasteiger partial charge on any atom is -0.507 e. The standard InChI is InChI=1S/C25H21NO7/c1-13-9-14(2)24(30-3)16(10-13)22(27)20-21(18-5-4-8-31-18)26(25(29)23(20)28)15-6-7-17-19(11-15)33-12-32-17/h4-11,21,27H,12H2,1-3H3/b22-20-. The molecule has 1 unspecified atom stereocenters. The Bertz CT molecular complexity index is 1310. The Labute approximate surface area is 189 Å². The third-order valence-corrected chi connectivity index (χ3v) is 5.77. The molecule has 1 aromatic heterocycles. The first-order valence-corrected chi connectivity index (χ1v) is 10.3. The fraction of sp³-hybridized carbons (Fsp3) is 0.200. The maximum Gasteiger partial charge on any atom is 0.300 e. The Balaban J connectivity index is 1.73. The minimum atomic E-state index is -0.981. The molecule has 0 aliphatic carbocycles. The van der Waals surface area contributed by atoms with Crippen LogP contribution in [0.4, 0.5) is 5.69 Å². The number of benzene rings is 2. The van der Waals surface area contributed by atoms with Crippen molar-refractivity contribution in [2.75, 3.05) is 18.8 Å². The highest BCUT2D eigenvalue weighted by atomic mass is 16.7. The number of furan rings is 1. The molecule has 33 heavy (non-hydrogen) atoms. The van der Waals surface area contributed by atoms with Crippen molar-refractivity contribution in [2.24, 2.45) is 0 Å². The second-order valence-corrected chi connectivity index (χ2v) is 7.88. The molecule has 8 heteroatoms. The van der Waals surface area contributed by atoms with Gasteiger partial charge in [-0.1, -0.05) is 6.07 Å². The lowest BCUT2D eigenvalue weighted by Gasteiger charge is -2.23. The van der Waals surface area contributed by atoms with Crippen LogP contribution < -0.4 is 19.1 Å². The second kappa shape index (κ2) is 7.74. The molecule has 1 N–H and O–H groups in total. The van der Waals surface area contributed by atoms with E-state index in [1.807, 2.05) is 19.9 Å². The van der Waals surface area contributed by atoms with Crippen LogP contribution in [-0.4, -0.2) is 30.7 Å². The summed E-state index contributed by atoms with van der Waals surface area (Å²) >= 11 is 0. The lowest BCUT2D eigenvalue weighted by Crippen LogP contribution is -2.29. The number of carbonyl (C=O) groups excluding carboxylic acids is 2. The number of methoxy groups -OCH3 is 1. The van der Waals surface area contributed by atoms with E-state index in [1.165, 1.54) is 18.3 Å². The lowest BCUT2D eigenvalue weighted by molar-refractivity contribution is -0.132. The molecular formula is C25H21NO7. The summed E-state index contributed by atoms with van der Waals surface area (Å²) in [6.45, 7) is 3.79. The van der Waals surface area contributed by atoms with Gasteiger partial charge in [0.05, 0.1) is 24.5 Å². The number of nitrogens with zero attached hydrogens (tertiary/aromatic N) is 1. The third kappa shape index (κ3) is 3.22. The van der Waals surface area contributed by atoms with Crippen molar-refractivity contribution in [3.8, 4) is 17.2 Å². The number of aliphatic hydroxyl groups excluding tert-OH is 1. The smallest absolute Gasteiger partial charge is 0.300 e. The van der Waals surface area contributed by atoms with E-state index < -0.39 is 17.7 Å². The zero-order valence-corrected chi connectivity index (χ0v) is 18.2. The first kappa shape index (κ1) is 20.7. The fourth-order valence-electron chi connectivity index (χ4n) is 4.40. The normalized spacial score (nSPS) is 18.8. The highest BCUT2D eigenvalue weighted by molar-refractivity contribution is 6.51. The summed E-state index contributed by atoms with van der Waals surface area (Å²) in [5.74, 6) is -0.189. The Morgan fingerprint density at radius 1 is 1.09 bits per heavy atom. The molecular weight excluding hydrogens is 426 g/mol. The number of ketones is 1. The number of fused-ring (bicyclic) bond motifs is 1. The van der Waals surface area contributed by atoms with E-state index in [0.29, 0.717) is 34.3 Å². The van der Waals surface area contributed by atoms with Gasteiger partial charge in [-0.2, -0.15) is 0 Å². The van der Waals surface area contributed by atoms with Crippen LogP contribution in [0.5, 0.6) is 17.2 Å². The van der Waals surface area contributed by atoms with Gasteiger partial charge in [-0.05, 0) is 55.3 Å². The van der Waals surface area contributed by atoms with E-state index in [-0.39, 0.29) is 18.1 Å². The van der Waals surface area contributed by atoms with Gasteiger partial charge >= 0.3 is 0 Å². The van der Waals surface area contributed by atoms with Crippen LogP contribution in [0.25, 0.3) is 5.76 Å². The Hall–Kier alpha value is -4.20. The number of rotatable bonds is 4. The summed E-state index contributed by atoms with van der Waals surface area (Å²) < 4.78 is 21.9. The van der Waals surface area contributed by atoms with Gasteiger partial charge in [0.1, 0.15) is 23.3 Å². The fourth-order valence-corrected chi connectivity index (χ4v) is 4.40. The summed E-state index contributed by atoms with van der Waals surface area (Å²) in [5.41, 5.74) is 2.31. The van der Waals surface area contributed by atoms with Crippen molar-refractivity contribution in [3.63, 3.8) is 0 Å². The SMILES string of the molecule is COc1c(C)cc(C)cc1/C(O)=C1/C(=O)C(=O)N(c2ccc3c(c2)OCO3)C1c1ccco1. The predicted octanol–water partition coefficient (Wildman–Crippen LogP) is 4.26. The Morgan fingerprint density at radius 2 is 1.88 bits per heavy atom. The summed E-state index contributed by atoms with van der Waals surface area (Å²) in [4.78, 5) is 27.8. The third-order valence-electron chi connectivity index (χ3n) is 5.77. The zero-order chi connectivity index (χ0) is 23.3. The summed E-state index contributed by atoms with van der Waals surface area (Å²) in [6, 6.07) is 10.9. The molecule has 8 nitrogen and oxygen atoms in total. The summed E-state index contributed by atoms with van der Waals surface area (Å²) in [7, 11) is 1.49. The highest BCUT2D eigenvalue weighted by Crippen LogP contribution is 2.46. The first-order valence-electron chi connectivity index (χ1n) is 10.3. The molecule has 2 aliphatic heterocycles. The molecule has 1 atom stereocenters. The van der Waals surface area contributed by atoms with Gasteiger partial charge in [0, 0.05) is 11.8 Å². The van der Waals surface area contributed by atoms with E-state index in [4.69, 9.17) is 18.6 Å².